The van der Waals surface area contributed by atoms with Crippen molar-refractivity contribution in [2.45, 2.75) is 44.1 Å². The van der Waals surface area contributed by atoms with E-state index < -0.39 is 54.6 Å². The molecule has 2 aromatic carbocycles. The molecule has 3 amide bonds. The van der Waals surface area contributed by atoms with Gasteiger partial charge in [-0.15, -0.1) is 0 Å². The van der Waals surface area contributed by atoms with Crippen molar-refractivity contribution in [2.75, 3.05) is 6.54 Å². The Kier molecular flexibility index (Phi) is 6.98. The highest BCUT2D eigenvalue weighted by atomic mass is 19.4. The van der Waals surface area contributed by atoms with Gasteiger partial charge in [-0.25, -0.2) is 19.1 Å². The van der Waals surface area contributed by atoms with E-state index in [0.717, 1.165) is 19.1 Å². The Balaban J connectivity index is 1.39. The average molecular weight is 567 g/mol. The zero-order valence-electron chi connectivity index (χ0n) is 21.6. The molecule has 210 valence electrons. The zero-order valence-corrected chi connectivity index (χ0v) is 21.6. The van der Waals surface area contributed by atoms with E-state index in [1.54, 1.807) is 36.4 Å². The number of carbonyl (C=O) groups excluding carboxylic acids is 3. The van der Waals surface area contributed by atoms with Crippen molar-refractivity contribution >= 4 is 17.9 Å². The normalized spacial score (nSPS) is 18.7. The van der Waals surface area contributed by atoms with Crippen LogP contribution in [0.2, 0.25) is 0 Å². The average Bonchev–Trinajstić information content (AvgIpc) is 3.43. The van der Waals surface area contributed by atoms with Crippen LogP contribution in [-0.2, 0) is 32.9 Å². The molecular formula is C29H22F4N4O4. The minimum atomic E-state index is -4.80. The molecule has 0 radical (unpaired) electrons. The number of imide groups is 1. The molecule has 1 aliphatic carbocycles. The quantitative estimate of drug-likeness (QED) is 0.395. The molecule has 1 fully saturated rings. The standard InChI is InChI=1S/C29H22F4N4O4/c1-17(29(31,32)33)36(15-18-5-8-21(30)9-6-18)25(38)16-37-26(39)28(41-27(37)40)12-11-19-13-20(7-10-23(19)28)24-4-2-3-22(14-34)35-24/h2-10,13,17H,11-12,15-16H2,1H3/t17?,28-/m1/s1. The van der Waals surface area contributed by atoms with E-state index in [1.807, 2.05) is 6.07 Å². The molecule has 1 aliphatic heterocycles. The molecule has 1 unspecified atom stereocenters. The second-order valence-electron chi connectivity index (χ2n) is 9.84. The number of carbonyl (C=O) groups is 3. The summed E-state index contributed by atoms with van der Waals surface area (Å²) in [4.78, 5) is 44.9. The fraction of sp³-hybridized carbons (Fsp3) is 0.276. The molecule has 1 spiro atoms. The Morgan fingerprint density at radius 3 is 2.59 bits per heavy atom. The van der Waals surface area contributed by atoms with Crippen LogP contribution < -0.4 is 0 Å². The molecular weight excluding hydrogens is 544 g/mol. The van der Waals surface area contributed by atoms with Gasteiger partial charge in [0.1, 0.15) is 30.2 Å². The number of hydrogen-bond donors (Lipinski definition) is 0. The maximum atomic E-state index is 13.7. The molecule has 3 aromatic rings. The minimum absolute atomic E-state index is 0.0883. The van der Waals surface area contributed by atoms with Crippen LogP contribution in [0.3, 0.4) is 0 Å². The molecule has 0 N–H and O–H groups in total. The number of fused-ring (bicyclic) bond motifs is 2. The van der Waals surface area contributed by atoms with Crippen molar-refractivity contribution in [3.8, 4) is 17.3 Å². The summed E-state index contributed by atoms with van der Waals surface area (Å²) < 4.78 is 59.8. The first-order valence-electron chi connectivity index (χ1n) is 12.6. The fourth-order valence-electron chi connectivity index (χ4n) is 5.10. The van der Waals surface area contributed by atoms with Crippen LogP contribution in [0.5, 0.6) is 0 Å². The second kappa shape index (κ2) is 10.3. The van der Waals surface area contributed by atoms with Gasteiger partial charge in [0.05, 0.1) is 5.69 Å². The first-order valence-corrected chi connectivity index (χ1v) is 12.6. The Morgan fingerprint density at radius 1 is 1.17 bits per heavy atom. The van der Waals surface area contributed by atoms with Gasteiger partial charge in [-0.1, -0.05) is 30.3 Å². The third-order valence-corrected chi connectivity index (χ3v) is 7.34. The molecule has 8 nitrogen and oxygen atoms in total. The summed E-state index contributed by atoms with van der Waals surface area (Å²) in [7, 11) is 0. The summed E-state index contributed by atoms with van der Waals surface area (Å²) in [5.41, 5.74) is 1.09. The van der Waals surface area contributed by atoms with Crippen LogP contribution in [0.15, 0.2) is 60.7 Å². The lowest BCUT2D eigenvalue weighted by Gasteiger charge is -2.31. The van der Waals surface area contributed by atoms with E-state index in [9.17, 15) is 31.9 Å². The molecule has 12 heteroatoms. The monoisotopic (exact) mass is 566 g/mol. The maximum Gasteiger partial charge on any atom is 0.418 e. The molecule has 0 saturated carbocycles. The second-order valence-corrected chi connectivity index (χ2v) is 9.84. The summed E-state index contributed by atoms with van der Waals surface area (Å²) in [6.45, 7) is -0.688. The van der Waals surface area contributed by atoms with Gasteiger partial charge in [0.15, 0.2) is 0 Å². The van der Waals surface area contributed by atoms with Crippen molar-refractivity contribution in [1.82, 2.24) is 14.8 Å². The van der Waals surface area contributed by atoms with Crippen LogP contribution in [0.1, 0.15) is 35.7 Å². The number of amides is 3. The van der Waals surface area contributed by atoms with E-state index in [0.29, 0.717) is 38.6 Å². The van der Waals surface area contributed by atoms with Crippen molar-refractivity contribution in [2.24, 2.45) is 0 Å². The van der Waals surface area contributed by atoms with Gasteiger partial charge in [-0.3, -0.25) is 9.59 Å². The lowest BCUT2D eigenvalue weighted by molar-refractivity contribution is -0.187. The predicted octanol–water partition coefficient (Wildman–Crippen LogP) is 4.86. The number of nitrogens with zero attached hydrogens (tertiary/aromatic N) is 4. The summed E-state index contributed by atoms with van der Waals surface area (Å²) in [6, 6.07) is 14.4. The van der Waals surface area contributed by atoms with E-state index in [4.69, 9.17) is 10.00 Å². The highest BCUT2D eigenvalue weighted by Gasteiger charge is 2.58. The Bertz CT molecular complexity index is 1580. The van der Waals surface area contributed by atoms with Crippen LogP contribution in [0, 0.1) is 17.1 Å². The minimum Gasteiger partial charge on any atom is -0.427 e. The summed E-state index contributed by atoms with van der Waals surface area (Å²) in [5, 5.41) is 9.13. The number of hydrogen-bond acceptors (Lipinski definition) is 6. The molecule has 1 saturated heterocycles. The number of benzene rings is 2. The molecule has 41 heavy (non-hydrogen) atoms. The number of rotatable bonds is 6. The van der Waals surface area contributed by atoms with Crippen LogP contribution in [0.4, 0.5) is 22.4 Å². The smallest absolute Gasteiger partial charge is 0.418 e. The fourth-order valence-corrected chi connectivity index (χ4v) is 5.10. The van der Waals surface area contributed by atoms with E-state index in [1.165, 1.54) is 12.1 Å². The van der Waals surface area contributed by atoms with Gasteiger partial charge in [0.25, 0.3) is 5.91 Å². The van der Waals surface area contributed by atoms with Gasteiger partial charge < -0.3 is 9.64 Å². The van der Waals surface area contributed by atoms with Gasteiger partial charge in [-0.2, -0.15) is 18.4 Å². The highest BCUT2D eigenvalue weighted by molar-refractivity contribution is 6.06. The third kappa shape index (κ3) is 5.11. The number of aryl methyl sites for hydroxylation is 1. The zero-order chi connectivity index (χ0) is 29.5. The van der Waals surface area contributed by atoms with E-state index in [-0.39, 0.29) is 17.7 Å². The van der Waals surface area contributed by atoms with E-state index in [2.05, 4.69) is 4.98 Å². The van der Waals surface area contributed by atoms with Crippen LogP contribution in [0.25, 0.3) is 11.3 Å². The Labute approximate surface area is 231 Å². The SMILES string of the molecule is CC(N(Cc1ccc(F)cc1)C(=O)CN1C(=O)O[C@@]2(CCc3cc(-c4cccc(C#N)n4)ccc32)C1=O)C(F)(F)F. The Morgan fingerprint density at radius 2 is 1.90 bits per heavy atom. The molecule has 0 bridgehead atoms. The largest absolute Gasteiger partial charge is 0.427 e. The summed E-state index contributed by atoms with van der Waals surface area (Å²) in [5.74, 6) is -2.56. The number of alkyl halides is 3. The number of pyridine rings is 1. The predicted molar refractivity (Wildman–Crippen MR) is 135 cm³/mol. The Hall–Kier alpha value is -4.79. The molecule has 5 rings (SSSR count). The summed E-state index contributed by atoms with van der Waals surface area (Å²) in [6.07, 6.45) is -5.49. The van der Waals surface area contributed by atoms with Crippen LogP contribution >= 0.6 is 0 Å². The number of aromatic nitrogens is 1. The molecule has 1 aromatic heterocycles. The van der Waals surface area contributed by atoms with Crippen molar-refractivity contribution in [3.05, 3.63) is 88.9 Å². The molecule has 2 atom stereocenters. The first-order chi connectivity index (χ1) is 19.4. The lowest BCUT2D eigenvalue weighted by atomic mass is 9.93. The van der Waals surface area contributed by atoms with Crippen LogP contribution in [-0.4, -0.2) is 51.5 Å². The van der Waals surface area contributed by atoms with Gasteiger partial charge >= 0.3 is 12.3 Å². The molecule has 2 aliphatic rings. The van der Waals surface area contributed by atoms with Crippen molar-refractivity contribution < 1.29 is 36.7 Å². The summed E-state index contributed by atoms with van der Waals surface area (Å²) >= 11 is 0. The number of ether oxygens (including phenoxy) is 1. The van der Waals surface area contributed by atoms with Gasteiger partial charge in [0.2, 0.25) is 11.5 Å². The van der Waals surface area contributed by atoms with Gasteiger partial charge in [0, 0.05) is 24.1 Å². The highest BCUT2D eigenvalue weighted by Crippen LogP contribution is 2.46. The number of halogens is 4. The topological polar surface area (TPSA) is 104 Å². The third-order valence-electron chi connectivity index (χ3n) is 7.34. The van der Waals surface area contributed by atoms with Crippen molar-refractivity contribution in [1.29, 1.82) is 5.26 Å². The number of nitriles is 1. The van der Waals surface area contributed by atoms with Gasteiger partial charge in [-0.05, 0) is 54.8 Å². The first kappa shape index (κ1) is 27.8. The van der Waals surface area contributed by atoms with Crippen molar-refractivity contribution in [3.63, 3.8) is 0 Å². The maximum absolute atomic E-state index is 13.7. The molecule has 2 heterocycles. The lowest BCUT2D eigenvalue weighted by Crippen LogP contribution is -2.51. The van der Waals surface area contributed by atoms with E-state index >= 15 is 0 Å².